The zero-order valence-electron chi connectivity index (χ0n) is 11.6. The minimum Gasteiger partial charge on any atom is -0.478 e. The highest BCUT2D eigenvalue weighted by Crippen LogP contribution is 2.21. The Bertz CT molecular complexity index is 725. The largest absolute Gasteiger partial charge is 0.478 e. The lowest BCUT2D eigenvalue weighted by Crippen LogP contribution is -2.13. The molecule has 0 fully saturated rings. The first-order chi connectivity index (χ1) is 9.88. The van der Waals surface area contributed by atoms with Gasteiger partial charge in [-0.05, 0) is 65.7 Å². The molecule has 0 aliphatic heterocycles. The molecule has 21 heavy (non-hydrogen) atoms. The Hall–Kier alpha value is -2.14. The van der Waals surface area contributed by atoms with Gasteiger partial charge < -0.3 is 10.4 Å². The summed E-state index contributed by atoms with van der Waals surface area (Å²) in [6.45, 7) is 3.61. The lowest BCUT2D eigenvalue weighted by atomic mass is 10.1. The maximum atomic E-state index is 12.3. The number of anilines is 1. The Balaban J connectivity index is 2.26. The molecule has 0 heterocycles. The van der Waals surface area contributed by atoms with Gasteiger partial charge in [-0.3, -0.25) is 4.79 Å². The average molecular weight is 348 g/mol. The van der Waals surface area contributed by atoms with Gasteiger partial charge in [-0.1, -0.05) is 11.6 Å². The molecule has 2 N–H and O–H groups in total. The molecule has 5 heteroatoms. The number of benzene rings is 2. The summed E-state index contributed by atoms with van der Waals surface area (Å²) < 4.78 is 0.712. The molecule has 2 rings (SSSR count). The van der Waals surface area contributed by atoms with E-state index in [1.807, 2.05) is 19.1 Å². The highest BCUT2D eigenvalue weighted by molar-refractivity contribution is 9.10. The molecule has 1 amide bonds. The summed E-state index contributed by atoms with van der Waals surface area (Å²) in [6.07, 6.45) is 0. The van der Waals surface area contributed by atoms with Gasteiger partial charge in [0, 0.05) is 10.2 Å². The summed E-state index contributed by atoms with van der Waals surface area (Å²) >= 11 is 3.35. The number of aromatic carboxylic acids is 1. The summed E-state index contributed by atoms with van der Waals surface area (Å²) in [5.74, 6) is -1.22. The number of carboxylic acids is 1. The third-order valence-corrected chi connectivity index (χ3v) is 3.77. The van der Waals surface area contributed by atoms with Crippen LogP contribution in [0.3, 0.4) is 0 Å². The Kier molecular flexibility index (Phi) is 4.43. The normalized spacial score (nSPS) is 10.2. The monoisotopic (exact) mass is 347 g/mol. The van der Waals surface area contributed by atoms with E-state index in [-0.39, 0.29) is 11.5 Å². The van der Waals surface area contributed by atoms with Crippen LogP contribution in [0.1, 0.15) is 31.8 Å². The van der Waals surface area contributed by atoms with Crippen LogP contribution in [0.25, 0.3) is 0 Å². The van der Waals surface area contributed by atoms with E-state index in [1.165, 1.54) is 6.07 Å². The second-order valence-corrected chi connectivity index (χ2v) is 5.63. The van der Waals surface area contributed by atoms with Crippen LogP contribution in [0.2, 0.25) is 0 Å². The van der Waals surface area contributed by atoms with Gasteiger partial charge in [0.1, 0.15) is 0 Å². The van der Waals surface area contributed by atoms with Gasteiger partial charge in [0.15, 0.2) is 0 Å². The molecule has 2 aromatic carbocycles. The topological polar surface area (TPSA) is 66.4 Å². The Labute approximate surface area is 130 Å². The highest BCUT2D eigenvalue weighted by atomic mass is 79.9. The fourth-order valence-electron chi connectivity index (χ4n) is 1.99. The maximum absolute atomic E-state index is 12.3. The van der Waals surface area contributed by atoms with Gasteiger partial charge in [0.25, 0.3) is 5.91 Å². The molecule has 2 aromatic rings. The van der Waals surface area contributed by atoms with Crippen LogP contribution in [0, 0.1) is 13.8 Å². The SMILES string of the molecule is Cc1ccc(Br)c(C(=O)Nc2ccc(C(=O)O)c(C)c2)c1. The molecule has 108 valence electrons. The lowest BCUT2D eigenvalue weighted by molar-refractivity contribution is 0.0696. The third-order valence-electron chi connectivity index (χ3n) is 3.08. The molecule has 0 bridgehead atoms. The van der Waals surface area contributed by atoms with Crippen molar-refractivity contribution in [2.75, 3.05) is 5.32 Å². The first-order valence-corrected chi connectivity index (χ1v) is 7.09. The van der Waals surface area contributed by atoms with Crippen molar-refractivity contribution in [1.82, 2.24) is 0 Å². The van der Waals surface area contributed by atoms with Crippen LogP contribution in [-0.4, -0.2) is 17.0 Å². The van der Waals surface area contributed by atoms with Crippen molar-refractivity contribution in [3.63, 3.8) is 0 Å². The van der Waals surface area contributed by atoms with Crippen molar-refractivity contribution in [3.05, 3.63) is 63.1 Å². The second kappa shape index (κ2) is 6.10. The van der Waals surface area contributed by atoms with E-state index in [0.29, 0.717) is 21.3 Å². The minimum atomic E-state index is -0.980. The van der Waals surface area contributed by atoms with Gasteiger partial charge in [0.05, 0.1) is 11.1 Å². The minimum absolute atomic E-state index is 0.227. The summed E-state index contributed by atoms with van der Waals surface area (Å²) in [6, 6.07) is 10.2. The van der Waals surface area contributed by atoms with E-state index in [1.54, 1.807) is 25.1 Å². The highest BCUT2D eigenvalue weighted by Gasteiger charge is 2.12. The van der Waals surface area contributed by atoms with Crippen LogP contribution in [-0.2, 0) is 0 Å². The molecule has 0 atom stereocenters. The fourth-order valence-corrected chi connectivity index (χ4v) is 2.42. The molecule has 0 saturated heterocycles. The smallest absolute Gasteiger partial charge is 0.335 e. The van der Waals surface area contributed by atoms with E-state index in [4.69, 9.17) is 5.11 Å². The summed E-state index contributed by atoms with van der Waals surface area (Å²) in [4.78, 5) is 23.2. The first-order valence-electron chi connectivity index (χ1n) is 6.30. The number of rotatable bonds is 3. The third kappa shape index (κ3) is 3.49. The Morgan fingerprint density at radius 1 is 1.05 bits per heavy atom. The van der Waals surface area contributed by atoms with Gasteiger partial charge in [-0.15, -0.1) is 0 Å². The summed E-state index contributed by atoms with van der Waals surface area (Å²) in [7, 11) is 0. The number of amides is 1. The number of hydrogen-bond acceptors (Lipinski definition) is 2. The van der Waals surface area contributed by atoms with E-state index in [9.17, 15) is 9.59 Å². The lowest BCUT2D eigenvalue weighted by Gasteiger charge is -2.09. The van der Waals surface area contributed by atoms with E-state index in [0.717, 1.165) is 5.56 Å². The molecule has 4 nitrogen and oxygen atoms in total. The molecule has 0 aliphatic rings. The second-order valence-electron chi connectivity index (χ2n) is 4.77. The zero-order valence-corrected chi connectivity index (χ0v) is 13.2. The zero-order chi connectivity index (χ0) is 15.6. The van der Waals surface area contributed by atoms with Crippen molar-refractivity contribution in [1.29, 1.82) is 0 Å². The van der Waals surface area contributed by atoms with Gasteiger partial charge >= 0.3 is 5.97 Å². The Morgan fingerprint density at radius 2 is 1.76 bits per heavy atom. The summed E-state index contributed by atoms with van der Waals surface area (Å²) in [5, 5.41) is 11.8. The predicted octanol–water partition coefficient (Wildman–Crippen LogP) is 4.02. The van der Waals surface area contributed by atoms with E-state index < -0.39 is 5.97 Å². The van der Waals surface area contributed by atoms with Crippen molar-refractivity contribution in [2.45, 2.75) is 13.8 Å². The Morgan fingerprint density at radius 3 is 2.38 bits per heavy atom. The molecule has 0 radical (unpaired) electrons. The average Bonchev–Trinajstić information content (AvgIpc) is 2.41. The molecule has 0 aromatic heterocycles. The van der Waals surface area contributed by atoms with Crippen LogP contribution < -0.4 is 5.32 Å². The molecular weight excluding hydrogens is 334 g/mol. The fraction of sp³-hybridized carbons (Fsp3) is 0.125. The number of nitrogens with one attached hydrogen (secondary N) is 1. The number of aryl methyl sites for hydroxylation is 2. The van der Waals surface area contributed by atoms with Crippen LogP contribution in [0.5, 0.6) is 0 Å². The number of hydrogen-bond donors (Lipinski definition) is 2. The van der Waals surface area contributed by atoms with Crippen LogP contribution >= 0.6 is 15.9 Å². The molecule has 0 aliphatic carbocycles. The predicted molar refractivity (Wildman–Crippen MR) is 85.0 cm³/mol. The number of halogens is 1. The van der Waals surface area contributed by atoms with E-state index in [2.05, 4.69) is 21.2 Å². The molecule has 0 unspecified atom stereocenters. The van der Waals surface area contributed by atoms with Gasteiger partial charge in [-0.2, -0.15) is 0 Å². The van der Waals surface area contributed by atoms with Gasteiger partial charge in [0.2, 0.25) is 0 Å². The van der Waals surface area contributed by atoms with Crippen LogP contribution in [0.4, 0.5) is 5.69 Å². The quantitative estimate of drug-likeness (QED) is 0.881. The van der Waals surface area contributed by atoms with Crippen molar-refractivity contribution in [3.8, 4) is 0 Å². The molecule has 0 spiro atoms. The number of carbonyl (C=O) groups is 2. The number of carbonyl (C=O) groups excluding carboxylic acids is 1. The standard InChI is InChI=1S/C16H14BrNO3/c1-9-3-6-14(17)13(7-9)15(19)18-11-4-5-12(16(20)21)10(2)8-11/h3-8H,1-2H3,(H,18,19)(H,20,21). The van der Waals surface area contributed by atoms with Crippen molar-refractivity contribution < 1.29 is 14.7 Å². The van der Waals surface area contributed by atoms with Gasteiger partial charge in [-0.25, -0.2) is 4.79 Å². The van der Waals surface area contributed by atoms with Crippen molar-refractivity contribution >= 4 is 33.5 Å². The van der Waals surface area contributed by atoms with E-state index >= 15 is 0 Å². The molecular formula is C16H14BrNO3. The summed E-state index contributed by atoms with van der Waals surface area (Å²) in [5.41, 5.74) is 2.92. The number of carboxylic acid groups (broad SMARTS) is 1. The maximum Gasteiger partial charge on any atom is 0.335 e. The first kappa shape index (κ1) is 15.3. The molecule has 0 saturated carbocycles. The van der Waals surface area contributed by atoms with Crippen molar-refractivity contribution in [2.24, 2.45) is 0 Å². The van der Waals surface area contributed by atoms with Crippen LogP contribution in [0.15, 0.2) is 40.9 Å².